The van der Waals surface area contributed by atoms with Crippen LogP contribution >= 0.6 is 24.0 Å². The summed E-state index contributed by atoms with van der Waals surface area (Å²) in [4.78, 5) is 31.6. The van der Waals surface area contributed by atoms with Crippen molar-refractivity contribution < 1.29 is 14.3 Å². The summed E-state index contributed by atoms with van der Waals surface area (Å²) in [5, 5.41) is 6.31. The molecular weight excluding hydrogens is 521 g/mol. The molecule has 0 fully saturated rings. The smallest absolute Gasteiger partial charge is 0.253 e. The van der Waals surface area contributed by atoms with Crippen molar-refractivity contribution in [3.05, 3.63) is 65.2 Å². The molecule has 0 spiro atoms. The van der Waals surface area contributed by atoms with Gasteiger partial charge in [-0.15, -0.1) is 24.0 Å². The maximum atomic E-state index is 12.0. The van der Waals surface area contributed by atoms with Gasteiger partial charge in [-0.3, -0.25) is 9.59 Å². The summed E-state index contributed by atoms with van der Waals surface area (Å²) in [5.41, 5.74) is 2.65. The molecule has 9 heteroatoms. The number of likely N-dealkylation sites (N-methyl/N-ethyl adjacent to an activating group) is 1. The van der Waals surface area contributed by atoms with Gasteiger partial charge in [0.1, 0.15) is 5.75 Å². The van der Waals surface area contributed by atoms with Gasteiger partial charge in [0.2, 0.25) is 5.91 Å². The highest BCUT2D eigenvalue weighted by molar-refractivity contribution is 14.0. The van der Waals surface area contributed by atoms with E-state index in [1.54, 1.807) is 52.3 Å². The van der Waals surface area contributed by atoms with Gasteiger partial charge in [-0.25, -0.2) is 4.99 Å². The maximum absolute atomic E-state index is 12.0. The number of halogens is 1. The SMILES string of the molecule is COc1ccc(CN=C(NCC(=O)N(C)C)NCc2ccc(C(=O)N(C)C)cc2)cc1.I. The molecule has 0 aliphatic rings. The average Bonchev–Trinajstić information content (AvgIpc) is 2.78. The van der Waals surface area contributed by atoms with E-state index in [2.05, 4.69) is 15.6 Å². The van der Waals surface area contributed by atoms with Crippen LogP contribution in [-0.4, -0.2) is 69.4 Å². The van der Waals surface area contributed by atoms with Gasteiger partial charge < -0.3 is 25.2 Å². The van der Waals surface area contributed by atoms with Crippen LogP contribution in [0.2, 0.25) is 0 Å². The molecule has 2 aromatic carbocycles. The number of benzene rings is 2. The summed E-state index contributed by atoms with van der Waals surface area (Å²) in [6, 6.07) is 15.1. The number of hydrogen-bond donors (Lipinski definition) is 2. The number of guanidine groups is 1. The lowest BCUT2D eigenvalue weighted by molar-refractivity contribution is -0.127. The van der Waals surface area contributed by atoms with E-state index in [1.807, 2.05) is 36.4 Å². The van der Waals surface area contributed by atoms with Crippen LogP contribution in [0.5, 0.6) is 5.75 Å². The lowest BCUT2D eigenvalue weighted by Gasteiger charge is -2.15. The van der Waals surface area contributed by atoms with Crippen molar-refractivity contribution in [3.8, 4) is 5.75 Å². The molecule has 2 N–H and O–H groups in total. The van der Waals surface area contributed by atoms with Crippen LogP contribution in [-0.2, 0) is 17.9 Å². The molecule has 8 nitrogen and oxygen atoms in total. The standard InChI is InChI=1S/C23H31N5O3.HI/c1-27(2)21(29)16-26-23(25-15-18-8-12-20(31-5)13-9-18)24-14-17-6-10-19(11-7-17)22(30)28(3)4;/h6-13H,14-16H2,1-5H3,(H2,24,25,26);1H. The molecule has 2 amide bonds. The highest BCUT2D eigenvalue weighted by Crippen LogP contribution is 2.12. The van der Waals surface area contributed by atoms with Gasteiger partial charge in [-0.05, 0) is 35.4 Å². The molecule has 0 heterocycles. The van der Waals surface area contributed by atoms with Gasteiger partial charge in [-0.1, -0.05) is 24.3 Å². The molecule has 0 aromatic heterocycles. The fourth-order valence-corrected chi connectivity index (χ4v) is 2.60. The molecule has 0 saturated heterocycles. The zero-order chi connectivity index (χ0) is 22.8. The Balaban J connectivity index is 0.00000512. The molecule has 2 rings (SSSR count). The van der Waals surface area contributed by atoms with E-state index in [0.29, 0.717) is 24.6 Å². The first-order valence-electron chi connectivity index (χ1n) is 9.96. The average molecular weight is 553 g/mol. The first-order chi connectivity index (χ1) is 14.8. The zero-order valence-electron chi connectivity index (χ0n) is 19.2. The summed E-state index contributed by atoms with van der Waals surface area (Å²) in [6.45, 7) is 1.09. The summed E-state index contributed by atoms with van der Waals surface area (Å²) in [7, 11) is 8.50. The van der Waals surface area contributed by atoms with E-state index in [0.717, 1.165) is 16.9 Å². The topological polar surface area (TPSA) is 86.3 Å². The van der Waals surface area contributed by atoms with Crippen LogP contribution in [0, 0.1) is 0 Å². The number of methoxy groups -OCH3 is 1. The van der Waals surface area contributed by atoms with Crippen molar-refractivity contribution in [2.24, 2.45) is 4.99 Å². The summed E-state index contributed by atoms with van der Waals surface area (Å²) >= 11 is 0. The van der Waals surface area contributed by atoms with E-state index in [-0.39, 0.29) is 42.3 Å². The maximum Gasteiger partial charge on any atom is 0.253 e. The Morgan fingerprint density at radius 1 is 0.875 bits per heavy atom. The van der Waals surface area contributed by atoms with Crippen molar-refractivity contribution >= 4 is 41.8 Å². The number of rotatable bonds is 8. The van der Waals surface area contributed by atoms with Gasteiger partial charge in [0.05, 0.1) is 20.2 Å². The Kier molecular flexibility index (Phi) is 11.5. The first-order valence-corrected chi connectivity index (χ1v) is 9.96. The van der Waals surface area contributed by atoms with E-state index in [1.165, 1.54) is 4.90 Å². The Labute approximate surface area is 207 Å². The number of carbonyl (C=O) groups is 2. The number of hydrogen-bond acceptors (Lipinski definition) is 4. The van der Waals surface area contributed by atoms with Crippen molar-refractivity contribution in [2.45, 2.75) is 13.1 Å². The molecule has 174 valence electrons. The fraction of sp³-hybridized carbons (Fsp3) is 0.348. The molecule has 2 aromatic rings. The highest BCUT2D eigenvalue weighted by Gasteiger charge is 2.09. The number of amides is 2. The normalized spacial score (nSPS) is 10.6. The van der Waals surface area contributed by atoms with Gasteiger partial charge in [0.15, 0.2) is 5.96 Å². The van der Waals surface area contributed by atoms with Crippen LogP contribution in [0.15, 0.2) is 53.5 Å². The predicted molar refractivity (Wildman–Crippen MR) is 138 cm³/mol. The molecule has 0 atom stereocenters. The Bertz CT molecular complexity index is 897. The molecular formula is C23H32IN5O3. The molecule has 0 aliphatic carbocycles. The Hall–Kier alpha value is -2.82. The number of carbonyl (C=O) groups excluding carboxylic acids is 2. The van der Waals surface area contributed by atoms with E-state index in [4.69, 9.17) is 4.74 Å². The second kappa shape index (κ2) is 13.6. The van der Waals surface area contributed by atoms with Crippen LogP contribution in [0.3, 0.4) is 0 Å². The van der Waals surface area contributed by atoms with E-state index < -0.39 is 0 Å². The second-order valence-corrected chi connectivity index (χ2v) is 7.40. The largest absolute Gasteiger partial charge is 0.497 e. The van der Waals surface area contributed by atoms with Crippen LogP contribution in [0.25, 0.3) is 0 Å². The second-order valence-electron chi connectivity index (χ2n) is 7.40. The van der Waals surface area contributed by atoms with Crippen molar-refractivity contribution in [2.75, 3.05) is 41.8 Å². The molecule has 0 saturated carbocycles. The lowest BCUT2D eigenvalue weighted by atomic mass is 10.1. The highest BCUT2D eigenvalue weighted by atomic mass is 127. The monoisotopic (exact) mass is 553 g/mol. The third kappa shape index (κ3) is 8.74. The van der Waals surface area contributed by atoms with Gasteiger partial charge in [-0.2, -0.15) is 0 Å². The summed E-state index contributed by atoms with van der Waals surface area (Å²) in [5.74, 6) is 1.23. The van der Waals surface area contributed by atoms with Gasteiger partial charge in [0, 0.05) is 40.3 Å². The minimum atomic E-state index is -0.0505. The number of nitrogens with one attached hydrogen (secondary N) is 2. The molecule has 0 bridgehead atoms. The third-order valence-electron chi connectivity index (χ3n) is 4.55. The van der Waals surface area contributed by atoms with Crippen molar-refractivity contribution in [1.29, 1.82) is 0 Å². The molecule has 32 heavy (non-hydrogen) atoms. The van der Waals surface area contributed by atoms with Crippen molar-refractivity contribution in [1.82, 2.24) is 20.4 Å². The number of ether oxygens (including phenoxy) is 1. The minimum absolute atomic E-state index is 0. The summed E-state index contributed by atoms with van der Waals surface area (Å²) in [6.07, 6.45) is 0. The lowest BCUT2D eigenvalue weighted by Crippen LogP contribution is -2.42. The van der Waals surface area contributed by atoms with E-state index >= 15 is 0 Å². The molecule has 0 unspecified atom stereocenters. The Morgan fingerprint density at radius 3 is 2.00 bits per heavy atom. The van der Waals surface area contributed by atoms with Crippen molar-refractivity contribution in [3.63, 3.8) is 0 Å². The fourth-order valence-electron chi connectivity index (χ4n) is 2.60. The van der Waals surface area contributed by atoms with E-state index in [9.17, 15) is 9.59 Å². The minimum Gasteiger partial charge on any atom is -0.497 e. The van der Waals surface area contributed by atoms with Gasteiger partial charge in [0.25, 0.3) is 5.91 Å². The Morgan fingerprint density at radius 2 is 1.47 bits per heavy atom. The quantitative estimate of drug-likeness (QED) is 0.298. The van der Waals surface area contributed by atoms with Crippen LogP contribution in [0.4, 0.5) is 0 Å². The number of nitrogens with zero attached hydrogens (tertiary/aromatic N) is 3. The predicted octanol–water partition coefficient (Wildman–Crippen LogP) is 2.34. The molecule has 0 aliphatic heterocycles. The summed E-state index contributed by atoms with van der Waals surface area (Å²) < 4.78 is 5.18. The number of aliphatic imine (C=N–C) groups is 1. The van der Waals surface area contributed by atoms with Crippen LogP contribution in [0.1, 0.15) is 21.5 Å². The first kappa shape index (κ1) is 27.2. The zero-order valence-corrected chi connectivity index (χ0v) is 21.5. The third-order valence-corrected chi connectivity index (χ3v) is 4.55. The van der Waals surface area contributed by atoms with Gasteiger partial charge >= 0.3 is 0 Å². The van der Waals surface area contributed by atoms with Crippen LogP contribution < -0.4 is 15.4 Å². The molecule has 0 radical (unpaired) electrons.